The quantitative estimate of drug-likeness (QED) is 0.759. The molecule has 0 saturated heterocycles. The van der Waals surface area contributed by atoms with Gasteiger partial charge in [0.15, 0.2) is 11.6 Å². The minimum absolute atomic E-state index is 0. The number of hydrogen-bond donors (Lipinski definition) is 1. The fourth-order valence-corrected chi connectivity index (χ4v) is 3.79. The Bertz CT molecular complexity index is 846. The van der Waals surface area contributed by atoms with Gasteiger partial charge in [-0.1, -0.05) is 12.1 Å². The first-order chi connectivity index (χ1) is 12.2. The molecule has 2 aliphatic rings. The third kappa shape index (κ3) is 3.10. The predicted octanol–water partition coefficient (Wildman–Crippen LogP) is 4.15. The van der Waals surface area contributed by atoms with E-state index in [0.29, 0.717) is 12.8 Å². The van der Waals surface area contributed by atoms with Crippen molar-refractivity contribution < 1.29 is 22.0 Å². The molecule has 1 aromatic heterocycles. The van der Waals surface area contributed by atoms with Gasteiger partial charge >= 0.3 is 6.18 Å². The summed E-state index contributed by atoms with van der Waals surface area (Å²) >= 11 is 0. The van der Waals surface area contributed by atoms with Gasteiger partial charge in [-0.15, -0.1) is 22.6 Å². The average molecular weight is 409 g/mol. The number of halogens is 6. The second-order valence-corrected chi connectivity index (χ2v) is 7.10. The molecule has 10 heteroatoms. The van der Waals surface area contributed by atoms with Gasteiger partial charge in [-0.25, -0.2) is 8.78 Å². The topological polar surface area (TPSA) is 56.7 Å². The third-order valence-corrected chi connectivity index (χ3v) is 5.48. The van der Waals surface area contributed by atoms with Gasteiger partial charge in [-0.3, -0.25) is 0 Å². The van der Waals surface area contributed by atoms with Gasteiger partial charge in [0.2, 0.25) is 0 Å². The molecule has 1 aromatic carbocycles. The minimum atomic E-state index is -4.44. The summed E-state index contributed by atoms with van der Waals surface area (Å²) < 4.78 is 69.8. The first-order valence-electron chi connectivity index (χ1n) is 8.44. The molecule has 2 N–H and O–H groups in total. The number of rotatable bonds is 2. The van der Waals surface area contributed by atoms with E-state index < -0.39 is 35.2 Å². The maximum Gasteiger partial charge on any atom is 0.401 e. The summed E-state index contributed by atoms with van der Waals surface area (Å²) in [7, 11) is 0. The van der Waals surface area contributed by atoms with Crippen LogP contribution < -0.4 is 5.73 Å². The van der Waals surface area contributed by atoms with Crippen molar-refractivity contribution in [2.45, 2.75) is 55.8 Å². The predicted molar refractivity (Wildman–Crippen MR) is 89.5 cm³/mol. The zero-order chi connectivity index (χ0) is 18.7. The number of benzene rings is 1. The zero-order valence-electron chi connectivity index (χ0n) is 14.1. The fraction of sp³-hybridized carbons (Fsp3) is 0.529. The molecule has 2 aromatic rings. The Hall–Kier alpha value is -1.74. The van der Waals surface area contributed by atoms with E-state index in [9.17, 15) is 22.0 Å². The van der Waals surface area contributed by atoms with Gasteiger partial charge < -0.3 is 10.3 Å². The monoisotopic (exact) mass is 408 g/mol. The summed E-state index contributed by atoms with van der Waals surface area (Å²) in [6.07, 6.45) is -3.72. The smallest absolute Gasteiger partial charge is 0.321 e. The van der Waals surface area contributed by atoms with Crippen LogP contribution in [0.1, 0.15) is 54.9 Å². The molecule has 1 saturated carbocycles. The third-order valence-electron chi connectivity index (χ3n) is 5.48. The fourth-order valence-electron chi connectivity index (χ4n) is 3.79. The lowest BCUT2D eigenvalue weighted by Gasteiger charge is -2.22. The van der Waals surface area contributed by atoms with E-state index >= 15 is 0 Å². The van der Waals surface area contributed by atoms with E-state index in [1.807, 2.05) is 0 Å². The van der Waals surface area contributed by atoms with Crippen LogP contribution in [0.5, 0.6) is 0 Å². The molecule has 1 fully saturated rings. The van der Waals surface area contributed by atoms with Crippen molar-refractivity contribution in [3.8, 4) is 0 Å². The van der Waals surface area contributed by atoms with Crippen LogP contribution >= 0.6 is 12.4 Å². The Labute approximate surface area is 158 Å². The van der Waals surface area contributed by atoms with Crippen molar-refractivity contribution in [2.24, 2.45) is 5.73 Å². The van der Waals surface area contributed by atoms with E-state index in [4.69, 9.17) is 5.73 Å². The number of alkyl halides is 3. The summed E-state index contributed by atoms with van der Waals surface area (Å²) in [4.78, 5) is 0. The second-order valence-electron chi connectivity index (χ2n) is 7.10. The van der Waals surface area contributed by atoms with Gasteiger partial charge in [0.25, 0.3) is 0 Å². The van der Waals surface area contributed by atoms with Crippen LogP contribution in [0.15, 0.2) is 18.2 Å². The van der Waals surface area contributed by atoms with Crippen molar-refractivity contribution in [1.82, 2.24) is 14.8 Å². The van der Waals surface area contributed by atoms with Crippen LogP contribution in [0, 0.1) is 11.6 Å². The number of hydrogen-bond acceptors (Lipinski definition) is 3. The molecule has 2 heterocycles. The molecule has 27 heavy (non-hydrogen) atoms. The average Bonchev–Trinajstić information content (AvgIpc) is 3.32. The first-order valence-corrected chi connectivity index (χ1v) is 8.44. The molecule has 1 aliphatic carbocycles. The van der Waals surface area contributed by atoms with E-state index in [2.05, 4.69) is 10.2 Å². The van der Waals surface area contributed by atoms with Crippen LogP contribution in [0.25, 0.3) is 0 Å². The number of nitrogens with two attached hydrogens (primary N) is 1. The van der Waals surface area contributed by atoms with Gasteiger partial charge in [0.05, 0.1) is 6.04 Å². The van der Waals surface area contributed by atoms with Gasteiger partial charge in [0, 0.05) is 12.5 Å². The molecule has 2 atom stereocenters. The Kier molecular flexibility index (Phi) is 4.96. The largest absolute Gasteiger partial charge is 0.401 e. The van der Waals surface area contributed by atoms with Gasteiger partial charge in [-0.05, 0) is 37.3 Å². The van der Waals surface area contributed by atoms with E-state index in [0.717, 1.165) is 6.07 Å². The summed E-state index contributed by atoms with van der Waals surface area (Å²) in [6, 6.07) is 3.27. The molecule has 0 radical (unpaired) electrons. The normalized spacial score (nSPS) is 23.9. The highest BCUT2D eigenvalue weighted by molar-refractivity contribution is 5.85. The van der Waals surface area contributed by atoms with Crippen LogP contribution in [-0.4, -0.2) is 20.9 Å². The maximum absolute atomic E-state index is 14.2. The summed E-state index contributed by atoms with van der Waals surface area (Å²) in [6.45, 7) is 0.0452. The molecular formula is C17H18ClF5N4. The summed E-state index contributed by atoms with van der Waals surface area (Å²) in [5.74, 6) is -2.35. The molecule has 4 nitrogen and oxygen atoms in total. The maximum atomic E-state index is 14.2. The lowest BCUT2D eigenvalue weighted by molar-refractivity contribution is -0.163. The number of nitrogens with zero attached hydrogens (tertiary/aromatic N) is 3. The molecular weight excluding hydrogens is 391 g/mol. The second kappa shape index (κ2) is 6.70. The van der Waals surface area contributed by atoms with Crippen molar-refractivity contribution in [3.05, 3.63) is 47.0 Å². The van der Waals surface area contributed by atoms with Crippen LogP contribution in [0.3, 0.4) is 0 Å². The standard InChI is InChI=1S/C17H17F5N4.ClH/c18-11-3-1-2-10(13(11)19)9-4-5-12(23)14-24-25-15(26(14)8-9)16(6-7-16)17(20,21)22;/h1-3,9,12H,4-8,23H2;1H/t9-,12-;/m1./s1. The summed E-state index contributed by atoms with van der Waals surface area (Å²) in [5, 5.41) is 7.71. The lowest BCUT2D eigenvalue weighted by atomic mass is 9.93. The summed E-state index contributed by atoms with van der Waals surface area (Å²) in [5.41, 5.74) is 4.20. The van der Waals surface area contributed by atoms with Crippen molar-refractivity contribution in [2.75, 3.05) is 0 Å². The van der Waals surface area contributed by atoms with Crippen molar-refractivity contribution >= 4 is 12.4 Å². The van der Waals surface area contributed by atoms with Gasteiger partial charge in [0.1, 0.15) is 17.1 Å². The van der Waals surface area contributed by atoms with Crippen molar-refractivity contribution in [3.63, 3.8) is 0 Å². The zero-order valence-corrected chi connectivity index (χ0v) is 15.0. The molecule has 0 spiro atoms. The number of fused-ring (bicyclic) bond motifs is 1. The highest BCUT2D eigenvalue weighted by atomic mass is 35.5. The molecule has 0 bridgehead atoms. The molecule has 0 unspecified atom stereocenters. The Balaban J connectivity index is 0.00000210. The molecule has 0 amide bonds. The Morgan fingerprint density at radius 2 is 1.81 bits per heavy atom. The van der Waals surface area contributed by atoms with Crippen LogP contribution in [-0.2, 0) is 12.0 Å². The SMILES string of the molecule is Cl.N[C@@H]1CC[C@@H](c2cccc(F)c2F)Cn2c1nnc2C1(C(F)(F)F)CC1. The highest BCUT2D eigenvalue weighted by Gasteiger charge is 2.67. The van der Waals surface area contributed by atoms with Crippen molar-refractivity contribution in [1.29, 1.82) is 0 Å². The molecule has 1 aliphatic heterocycles. The lowest BCUT2D eigenvalue weighted by Crippen LogP contribution is -2.32. The highest BCUT2D eigenvalue weighted by Crippen LogP contribution is 2.58. The first kappa shape index (κ1) is 20.0. The Morgan fingerprint density at radius 3 is 2.44 bits per heavy atom. The molecule has 148 valence electrons. The minimum Gasteiger partial charge on any atom is -0.321 e. The number of aromatic nitrogens is 3. The van der Waals surface area contributed by atoms with Gasteiger partial charge in [-0.2, -0.15) is 13.2 Å². The van der Waals surface area contributed by atoms with E-state index in [1.165, 1.54) is 16.7 Å². The molecule has 4 rings (SSSR count). The Morgan fingerprint density at radius 1 is 1.11 bits per heavy atom. The van der Waals surface area contributed by atoms with E-state index in [-0.39, 0.29) is 49.0 Å². The van der Waals surface area contributed by atoms with Crippen LogP contribution in [0.4, 0.5) is 22.0 Å². The van der Waals surface area contributed by atoms with E-state index in [1.54, 1.807) is 0 Å². The van der Waals surface area contributed by atoms with Crippen LogP contribution in [0.2, 0.25) is 0 Å².